The number of hydrogen-bond acceptors (Lipinski definition) is 1. The van der Waals surface area contributed by atoms with Gasteiger partial charge in [-0.05, 0) is 62.5 Å². The molecule has 1 rings (SSSR count). The van der Waals surface area contributed by atoms with Gasteiger partial charge in [-0.15, -0.1) is 0 Å². The molecule has 0 saturated carbocycles. The van der Waals surface area contributed by atoms with Crippen LogP contribution in [0, 0.1) is 5.41 Å². The van der Waals surface area contributed by atoms with Crippen molar-refractivity contribution in [1.29, 1.82) is 0 Å². The molecule has 0 aliphatic heterocycles. The molecule has 0 fully saturated rings. The zero-order valence-electron chi connectivity index (χ0n) is 16.6. The molecule has 138 valence electrons. The second-order valence-electron chi connectivity index (χ2n) is 7.70. The average molecular weight is 343 g/mol. The molecule has 1 aliphatic rings. The molecule has 0 saturated heterocycles. The van der Waals surface area contributed by atoms with Gasteiger partial charge in [0.05, 0.1) is 0 Å². The number of unbranched alkanes of at least 4 members (excludes halogenated alkanes) is 1. The van der Waals surface area contributed by atoms with Crippen LogP contribution >= 0.6 is 0 Å². The van der Waals surface area contributed by atoms with E-state index in [1.54, 1.807) is 0 Å². The highest BCUT2D eigenvalue weighted by Crippen LogP contribution is 2.40. The Morgan fingerprint density at radius 3 is 2.60 bits per heavy atom. The van der Waals surface area contributed by atoms with E-state index in [1.165, 1.54) is 42.1 Å². The molecule has 0 aromatic heterocycles. The zero-order valence-corrected chi connectivity index (χ0v) is 16.6. The SMILES string of the molecule is CCCCC(/C=C/C=C(C)/C=C/C1=C(C)CCCC1(C)C)=C\C(=O)O. The summed E-state index contributed by atoms with van der Waals surface area (Å²) in [6.07, 6.45) is 18.3. The number of carboxylic acids is 1. The largest absolute Gasteiger partial charge is 0.478 e. The minimum absolute atomic E-state index is 0.256. The van der Waals surface area contributed by atoms with Gasteiger partial charge in [-0.2, -0.15) is 0 Å². The minimum atomic E-state index is -0.877. The van der Waals surface area contributed by atoms with Gasteiger partial charge < -0.3 is 5.11 Å². The van der Waals surface area contributed by atoms with E-state index in [1.807, 2.05) is 18.2 Å². The molecule has 0 radical (unpaired) electrons. The van der Waals surface area contributed by atoms with Gasteiger partial charge in [0.2, 0.25) is 0 Å². The zero-order chi connectivity index (χ0) is 18.9. The Morgan fingerprint density at radius 2 is 2.00 bits per heavy atom. The molecule has 0 unspecified atom stereocenters. The van der Waals surface area contributed by atoms with Gasteiger partial charge in [0.25, 0.3) is 0 Å². The van der Waals surface area contributed by atoms with Crippen molar-refractivity contribution in [2.75, 3.05) is 0 Å². The van der Waals surface area contributed by atoms with Gasteiger partial charge in [0.15, 0.2) is 0 Å². The third-order valence-electron chi connectivity index (χ3n) is 4.85. The second-order valence-corrected chi connectivity index (χ2v) is 7.70. The monoisotopic (exact) mass is 342 g/mol. The number of rotatable bonds is 8. The molecular weight excluding hydrogens is 308 g/mol. The summed E-state index contributed by atoms with van der Waals surface area (Å²) in [6.45, 7) is 11.1. The van der Waals surface area contributed by atoms with Crippen LogP contribution in [0.15, 0.2) is 58.7 Å². The molecule has 0 heterocycles. The van der Waals surface area contributed by atoms with Crippen molar-refractivity contribution in [3.8, 4) is 0 Å². The summed E-state index contributed by atoms with van der Waals surface area (Å²) < 4.78 is 0. The number of carbonyl (C=O) groups is 1. The molecule has 0 amide bonds. The van der Waals surface area contributed by atoms with Crippen LogP contribution in [0.25, 0.3) is 0 Å². The fraction of sp³-hybridized carbons (Fsp3) is 0.522. The molecule has 0 atom stereocenters. The van der Waals surface area contributed by atoms with Crippen molar-refractivity contribution in [3.05, 3.63) is 58.7 Å². The molecule has 0 bridgehead atoms. The summed E-state index contributed by atoms with van der Waals surface area (Å²) in [5.41, 5.74) is 5.26. The average Bonchev–Trinajstić information content (AvgIpc) is 2.50. The van der Waals surface area contributed by atoms with E-state index in [2.05, 4.69) is 46.8 Å². The molecular formula is C23H34O2. The van der Waals surface area contributed by atoms with E-state index in [0.717, 1.165) is 24.8 Å². The number of allylic oxidation sites excluding steroid dienone is 9. The molecule has 0 spiro atoms. The Kier molecular flexibility index (Phi) is 8.68. The molecule has 1 N–H and O–H groups in total. The maximum absolute atomic E-state index is 10.9. The van der Waals surface area contributed by atoms with Crippen LogP contribution in [0.5, 0.6) is 0 Å². The van der Waals surface area contributed by atoms with Gasteiger partial charge in [-0.3, -0.25) is 0 Å². The summed E-state index contributed by atoms with van der Waals surface area (Å²) in [5, 5.41) is 8.95. The highest BCUT2D eigenvalue weighted by molar-refractivity contribution is 5.81. The number of aliphatic carboxylic acids is 1. The Balaban J connectivity index is 2.81. The fourth-order valence-corrected chi connectivity index (χ4v) is 3.35. The number of carboxylic acid groups (broad SMARTS) is 1. The smallest absolute Gasteiger partial charge is 0.328 e. The number of hydrogen-bond donors (Lipinski definition) is 1. The summed E-state index contributed by atoms with van der Waals surface area (Å²) in [4.78, 5) is 10.9. The first kappa shape index (κ1) is 21.2. The predicted molar refractivity (Wildman–Crippen MR) is 108 cm³/mol. The molecule has 1 aliphatic carbocycles. The lowest BCUT2D eigenvalue weighted by Crippen LogP contribution is -2.19. The third-order valence-corrected chi connectivity index (χ3v) is 4.85. The van der Waals surface area contributed by atoms with E-state index in [9.17, 15) is 4.79 Å². The van der Waals surface area contributed by atoms with Crippen molar-refractivity contribution in [2.45, 2.75) is 73.1 Å². The van der Waals surface area contributed by atoms with Gasteiger partial charge in [-0.1, -0.05) is 68.7 Å². The lowest BCUT2D eigenvalue weighted by atomic mass is 9.72. The van der Waals surface area contributed by atoms with Crippen LogP contribution < -0.4 is 0 Å². The summed E-state index contributed by atoms with van der Waals surface area (Å²) in [6, 6.07) is 0. The van der Waals surface area contributed by atoms with E-state index in [4.69, 9.17) is 5.11 Å². The van der Waals surface area contributed by atoms with Gasteiger partial charge in [-0.25, -0.2) is 4.79 Å². The van der Waals surface area contributed by atoms with Gasteiger partial charge >= 0.3 is 5.97 Å². The normalized spacial score (nSPS) is 19.2. The van der Waals surface area contributed by atoms with E-state index in [-0.39, 0.29) is 5.41 Å². The Hall–Kier alpha value is -1.83. The van der Waals surface area contributed by atoms with E-state index in [0.29, 0.717) is 0 Å². The standard InChI is InChI=1S/C23H34O2/c1-6-7-12-20(17-22(24)25)13-8-10-18(2)14-15-21-19(3)11-9-16-23(21,4)5/h8,10,13-15,17H,6-7,9,11-12,16H2,1-5H3,(H,24,25)/b13-8+,15-14+,18-10+,20-17+. The Bertz CT molecular complexity index is 610. The lowest BCUT2D eigenvalue weighted by molar-refractivity contribution is -0.131. The van der Waals surface area contributed by atoms with Crippen molar-refractivity contribution >= 4 is 5.97 Å². The first-order chi connectivity index (χ1) is 11.8. The molecule has 25 heavy (non-hydrogen) atoms. The highest BCUT2D eigenvalue weighted by atomic mass is 16.4. The Morgan fingerprint density at radius 1 is 1.28 bits per heavy atom. The van der Waals surface area contributed by atoms with Crippen molar-refractivity contribution in [3.63, 3.8) is 0 Å². The van der Waals surface area contributed by atoms with Crippen LogP contribution in [-0.2, 0) is 4.79 Å². The third kappa shape index (κ3) is 7.72. The van der Waals surface area contributed by atoms with Crippen LogP contribution in [0.3, 0.4) is 0 Å². The predicted octanol–water partition coefficient (Wildman–Crippen LogP) is 6.77. The van der Waals surface area contributed by atoms with Crippen LogP contribution in [0.1, 0.15) is 73.1 Å². The molecule has 2 heteroatoms. The quantitative estimate of drug-likeness (QED) is 0.390. The van der Waals surface area contributed by atoms with Gasteiger partial charge in [0, 0.05) is 6.08 Å². The van der Waals surface area contributed by atoms with Crippen molar-refractivity contribution in [1.82, 2.24) is 0 Å². The highest BCUT2D eigenvalue weighted by Gasteiger charge is 2.26. The topological polar surface area (TPSA) is 37.3 Å². The molecule has 0 aromatic rings. The van der Waals surface area contributed by atoms with Crippen LogP contribution in [0.4, 0.5) is 0 Å². The molecule has 2 nitrogen and oxygen atoms in total. The maximum atomic E-state index is 10.9. The van der Waals surface area contributed by atoms with Crippen molar-refractivity contribution in [2.24, 2.45) is 5.41 Å². The van der Waals surface area contributed by atoms with Crippen LogP contribution in [0.2, 0.25) is 0 Å². The summed E-state index contributed by atoms with van der Waals surface area (Å²) >= 11 is 0. The summed E-state index contributed by atoms with van der Waals surface area (Å²) in [5.74, 6) is -0.877. The van der Waals surface area contributed by atoms with Crippen LogP contribution in [-0.4, -0.2) is 11.1 Å². The Labute approximate surface area is 153 Å². The molecule has 0 aromatic carbocycles. The van der Waals surface area contributed by atoms with Crippen molar-refractivity contribution < 1.29 is 9.90 Å². The van der Waals surface area contributed by atoms with Gasteiger partial charge in [0.1, 0.15) is 0 Å². The van der Waals surface area contributed by atoms with E-state index < -0.39 is 5.97 Å². The maximum Gasteiger partial charge on any atom is 0.328 e. The first-order valence-corrected chi connectivity index (χ1v) is 9.43. The minimum Gasteiger partial charge on any atom is -0.478 e. The summed E-state index contributed by atoms with van der Waals surface area (Å²) in [7, 11) is 0. The fourth-order valence-electron chi connectivity index (χ4n) is 3.35. The first-order valence-electron chi connectivity index (χ1n) is 9.43. The van der Waals surface area contributed by atoms with E-state index >= 15 is 0 Å². The second kappa shape index (κ2) is 10.2. The lowest BCUT2D eigenvalue weighted by Gasteiger charge is -2.32.